The van der Waals surface area contributed by atoms with E-state index >= 15 is 0 Å². The van der Waals surface area contributed by atoms with Gasteiger partial charge in [0.25, 0.3) is 0 Å². The van der Waals surface area contributed by atoms with Crippen molar-refractivity contribution in [3.05, 3.63) is 0 Å². The fraction of sp³-hybridized carbons (Fsp3) is 0.900. The molecule has 3 N–H and O–H groups in total. The van der Waals surface area contributed by atoms with Gasteiger partial charge in [0, 0.05) is 25.2 Å². The minimum absolute atomic E-state index is 0.0102. The summed E-state index contributed by atoms with van der Waals surface area (Å²) < 4.78 is 0. The van der Waals surface area contributed by atoms with Crippen LogP contribution in [0, 0.1) is 0 Å². The molecule has 0 aliphatic carbocycles. The molecule has 2 heterocycles. The van der Waals surface area contributed by atoms with Crippen molar-refractivity contribution in [2.75, 3.05) is 33.2 Å². The van der Waals surface area contributed by atoms with Gasteiger partial charge in [0.15, 0.2) is 0 Å². The molecule has 2 aliphatic rings. The lowest BCUT2D eigenvalue weighted by Gasteiger charge is -2.16. The Morgan fingerprint density at radius 1 is 1.33 bits per heavy atom. The van der Waals surface area contributed by atoms with Crippen LogP contribution in [0.1, 0.15) is 12.8 Å². The molecule has 0 spiro atoms. The summed E-state index contributed by atoms with van der Waals surface area (Å²) in [7, 11) is 2.08. The highest BCUT2D eigenvalue weighted by atomic mass is 16.2. The third-order valence-electron chi connectivity index (χ3n) is 3.12. The van der Waals surface area contributed by atoms with Crippen LogP contribution in [-0.4, -0.2) is 56.2 Å². The molecule has 2 saturated heterocycles. The summed E-state index contributed by atoms with van der Waals surface area (Å²) in [6.07, 6.45) is 2.10. The quantitative estimate of drug-likeness (QED) is 0.570. The van der Waals surface area contributed by atoms with Crippen LogP contribution in [0.5, 0.6) is 0 Å². The first-order valence-corrected chi connectivity index (χ1v) is 5.70. The van der Waals surface area contributed by atoms with Crippen molar-refractivity contribution >= 4 is 6.03 Å². The molecule has 2 rings (SSSR count). The number of amides is 2. The minimum atomic E-state index is -0.0102. The largest absolute Gasteiger partial charge is 0.334 e. The van der Waals surface area contributed by atoms with Crippen LogP contribution in [0.3, 0.4) is 0 Å². The standard InChI is InChI=1S/C10H20N4O/c1-14-5-3-9(7-14)13-10(15)12-8-2-4-11-6-8/h8-9,11H,2-7H2,1H3,(H2,12,13,15)/t8-,9+/m0/s1. The number of carbonyl (C=O) groups excluding carboxylic acids is 1. The summed E-state index contributed by atoms with van der Waals surface area (Å²) in [5.74, 6) is 0. The normalized spacial score (nSPS) is 31.8. The molecule has 0 radical (unpaired) electrons. The average Bonchev–Trinajstić information content (AvgIpc) is 2.77. The monoisotopic (exact) mass is 212 g/mol. The van der Waals surface area contributed by atoms with Crippen LogP contribution in [0.25, 0.3) is 0 Å². The van der Waals surface area contributed by atoms with Crippen LogP contribution in [-0.2, 0) is 0 Å². The number of urea groups is 1. The fourth-order valence-electron chi connectivity index (χ4n) is 2.24. The maximum atomic E-state index is 11.6. The van der Waals surface area contributed by atoms with Gasteiger partial charge in [-0.25, -0.2) is 4.79 Å². The van der Waals surface area contributed by atoms with Gasteiger partial charge in [0.2, 0.25) is 0 Å². The minimum Gasteiger partial charge on any atom is -0.334 e. The molecular weight excluding hydrogens is 192 g/mol. The van der Waals surface area contributed by atoms with Gasteiger partial charge in [0.05, 0.1) is 0 Å². The van der Waals surface area contributed by atoms with Crippen molar-refractivity contribution in [3.63, 3.8) is 0 Å². The zero-order valence-corrected chi connectivity index (χ0v) is 9.25. The van der Waals surface area contributed by atoms with Crippen molar-refractivity contribution < 1.29 is 4.79 Å². The van der Waals surface area contributed by atoms with Gasteiger partial charge in [-0.1, -0.05) is 0 Å². The predicted molar refractivity (Wildman–Crippen MR) is 58.8 cm³/mol. The molecule has 2 aliphatic heterocycles. The predicted octanol–water partition coefficient (Wildman–Crippen LogP) is -0.648. The molecule has 15 heavy (non-hydrogen) atoms. The van der Waals surface area contributed by atoms with E-state index in [-0.39, 0.29) is 6.03 Å². The third-order valence-corrected chi connectivity index (χ3v) is 3.12. The molecule has 0 saturated carbocycles. The van der Waals surface area contributed by atoms with E-state index in [2.05, 4.69) is 27.9 Å². The van der Waals surface area contributed by atoms with E-state index in [1.54, 1.807) is 0 Å². The first-order valence-electron chi connectivity index (χ1n) is 5.70. The van der Waals surface area contributed by atoms with Gasteiger partial charge < -0.3 is 20.9 Å². The number of likely N-dealkylation sites (N-methyl/N-ethyl adjacent to an activating group) is 1. The summed E-state index contributed by atoms with van der Waals surface area (Å²) in [5.41, 5.74) is 0. The Bertz CT molecular complexity index is 227. The van der Waals surface area contributed by atoms with Gasteiger partial charge in [-0.15, -0.1) is 0 Å². The van der Waals surface area contributed by atoms with Crippen LogP contribution in [0.15, 0.2) is 0 Å². The first kappa shape index (κ1) is 10.7. The van der Waals surface area contributed by atoms with Gasteiger partial charge in [-0.2, -0.15) is 0 Å². The van der Waals surface area contributed by atoms with E-state index in [0.29, 0.717) is 12.1 Å². The van der Waals surface area contributed by atoms with Crippen LogP contribution in [0.2, 0.25) is 0 Å². The Hall–Kier alpha value is -0.810. The third kappa shape index (κ3) is 3.07. The zero-order chi connectivity index (χ0) is 10.7. The molecule has 5 nitrogen and oxygen atoms in total. The highest BCUT2D eigenvalue weighted by molar-refractivity contribution is 5.74. The number of rotatable bonds is 2. The summed E-state index contributed by atoms with van der Waals surface area (Å²) in [5, 5.41) is 9.23. The fourth-order valence-corrected chi connectivity index (χ4v) is 2.24. The number of hydrogen-bond acceptors (Lipinski definition) is 3. The second kappa shape index (κ2) is 4.81. The Morgan fingerprint density at radius 2 is 2.13 bits per heavy atom. The van der Waals surface area contributed by atoms with Gasteiger partial charge in [-0.3, -0.25) is 0 Å². The Kier molecular flexibility index (Phi) is 3.43. The molecular formula is C10H20N4O. The number of carbonyl (C=O) groups is 1. The Labute approximate surface area is 90.6 Å². The van der Waals surface area contributed by atoms with E-state index in [4.69, 9.17) is 0 Å². The molecule has 0 unspecified atom stereocenters. The van der Waals surface area contributed by atoms with Crippen LogP contribution >= 0.6 is 0 Å². The SMILES string of the molecule is CN1CC[C@@H](NC(=O)N[C@H]2CCNC2)C1. The summed E-state index contributed by atoms with van der Waals surface area (Å²) >= 11 is 0. The topological polar surface area (TPSA) is 56.4 Å². The lowest BCUT2D eigenvalue weighted by Crippen LogP contribution is -2.47. The average molecular weight is 212 g/mol. The van der Waals surface area contributed by atoms with Crippen LogP contribution < -0.4 is 16.0 Å². The highest BCUT2D eigenvalue weighted by Gasteiger charge is 2.22. The molecule has 2 atom stereocenters. The van der Waals surface area contributed by atoms with Gasteiger partial charge in [0.1, 0.15) is 0 Å². The summed E-state index contributed by atoms with van der Waals surface area (Å²) in [6.45, 7) is 3.96. The zero-order valence-electron chi connectivity index (χ0n) is 9.25. The van der Waals surface area contributed by atoms with E-state index in [1.807, 2.05) is 0 Å². The van der Waals surface area contributed by atoms with E-state index in [1.165, 1.54) is 0 Å². The van der Waals surface area contributed by atoms with Crippen molar-refractivity contribution in [3.8, 4) is 0 Å². The molecule has 5 heteroatoms. The van der Waals surface area contributed by atoms with E-state index in [9.17, 15) is 4.79 Å². The smallest absolute Gasteiger partial charge is 0.315 e. The van der Waals surface area contributed by atoms with Crippen molar-refractivity contribution in [2.45, 2.75) is 24.9 Å². The second-order valence-electron chi connectivity index (χ2n) is 4.56. The summed E-state index contributed by atoms with van der Waals surface area (Å²) in [4.78, 5) is 13.8. The Morgan fingerprint density at radius 3 is 2.73 bits per heavy atom. The first-order chi connectivity index (χ1) is 7.24. The highest BCUT2D eigenvalue weighted by Crippen LogP contribution is 2.05. The number of nitrogens with one attached hydrogen (secondary N) is 3. The maximum Gasteiger partial charge on any atom is 0.315 e. The van der Waals surface area contributed by atoms with Crippen LogP contribution in [0.4, 0.5) is 4.79 Å². The van der Waals surface area contributed by atoms with Gasteiger partial charge in [-0.05, 0) is 33.0 Å². The molecule has 0 aromatic rings. The number of likely N-dealkylation sites (tertiary alicyclic amines) is 1. The number of nitrogens with zero attached hydrogens (tertiary/aromatic N) is 1. The molecule has 2 amide bonds. The Balaban J connectivity index is 1.67. The molecule has 86 valence electrons. The van der Waals surface area contributed by atoms with E-state index in [0.717, 1.165) is 39.0 Å². The lowest BCUT2D eigenvalue weighted by molar-refractivity contribution is 0.233. The van der Waals surface area contributed by atoms with Crippen molar-refractivity contribution in [1.82, 2.24) is 20.9 Å². The number of hydrogen-bond donors (Lipinski definition) is 3. The summed E-state index contributed by atoms with van der Waals surface area (Å²) in [6, 6.07) is 0.623. The molecule has 2 fully saturated rings. The molecule has 0 aromatic carbocycles. The maximum absolute atomic E-state index is 11.6. The van der Waals surface area contributed by atoms with Gasteiger partial charge >= 0.3 is 6.03 Å². The molecule has 0 bridgehead atoms. The molecule has 0 aromatic heterocycles. The van der Waals surface area contributed by atoms with Crippen molar-refractivity contribution in [1.29, 1.82) is 0 Å². The van der Waals surface area contributed by atoms with E-state index < -0.39 is 0 Å². The second-order valence-corrected chi connectivity index (χ2v) is 4.56. The van der Waals surface area contributed by atoms with Crippen molar-refractivity contribution in [2.24, 2.45) is 0 Å². The lowest BCUT2D eigenvalue weighted by atomic mass is 10.2.